The lowest BCUT2D eigenvalue weighted by molar-refractivity contribution is -0.119. The SMILES string of the molecule is O=C(COC(=O)c1cccc(-n2cnnn2)c1)Nc1cccc(Cl)c1. The molecule has 2 aromatic carbocycles. The van der Waals surface area contributed by atoms with Crippen LogP contribution in [0.15, 0.2) is 54.9 Å². The Morgan fingerprint density at radius 1 is 1.16 bits per heavy atom. The molecule has 0 aliphatic carbocycles. The van der Waals surface area contributed by atoms with Crippen LogP contribution in [0, 0.1) is 0 Å². The maximum Gasteiger partial charge on any atom is 0.338 e. The molecule has 126 valence electrons. The molecule has 0 atom stereocenters. The highest BCUT2D eigenvalue weighted by Crippen LogP contribution is 2.15. The van der Waals surface area contributed by atoms with E-state index in [1.54, 1.807) is 48.5 Å². The summed E-state index contributed by atoms with van der Waals surface area (Å²) in [5.41, 5.74) is 1.40. The minimum Gasteiger partial charge on any atom is -0.452 e. The zero-order chi connectivity index (χ0) is 17.6. The number of ether oxygens (including phenoxy) is 1. The average Bonchev–Trinajstić information content (AvgIpc) is 3.14. The molecule has 0 saturated carbocycles. The number of carbonyl (C=O) groups is 2. The van der Waals surface area contributed by atoms with Gasteiger partial charge < -0.3 is 10.1 Å². The van der Waals surface area contributed by atoms with E-state index in [0.29, 0.717) is 16.4 Å². The van der Waals surface area contributed by atoms with Crippen LogP contribution in [-0.2, 0) is 9.53 Å². The molecule has 3 rings (SSSR count). The van der Waals surface area contributed by atoms with Crippen LogP contribution in [0.5, 0.6) is 0 Å². The molecule has 0 fully saturated rings. The van der Waals surface area contributed by atoms with Crippen molar-refractivity contribution in [1.82, 2.24) is 20.2 Å². The van der Waals surface area contributed by atoms with E-state index in [1.807, 2.05) is 0 Å². The first kappa shape index (κ1) is 16.6. The number of aromatic nitrogens is 4. The third-order valence-electron chi connectivity index (χ3n) is 3.14. The van der Waals surface area contributed by atoms with Crippen LogP contribution in [-0.4, -0.2) is 38.7 Å². The number of tetrazole rings is 1. The Morgan fingerprint density at radius 3 is 2.76 bits per heavy atom. The molecule has 0 aliphatic rings. The van der Waals surface area contributed by atoms with Gasteiger partial charge in [0.2, 0.25) is 0 Å². The second kappa shape index (κ2) is 7.54. The summed E-state index contributed by atoms with van der Waals surface area (Å²) in [6, 6.07) is 13.2. The normalized spacial score (nSPS) is 10.3. The van der Waals surface area contributed by atoms with E-state index in [9.17, 15) is 9.59 Å². The van der Waals surface area contributed by atoms with Gasteiger partial charge in [0.25, 0.3) is 5.91 Å². The highest BCUT2D eigenvalue weighted by molar-refractivity contribution is 6.30. The molecule has 0 saturated heterocycles. The van der Waals surface area contributed by atoms with Gasteiger partial charge in [-0.25, -0.2) is 9.48 Å². The minimum absolute atomic E-state index is 0.281. The number of rotatable bonds is 5. The Bertz CT molecular complexity index is 898. The number of hydrogen-bond acceptors (Lipinski definition) is 6. The van der Waals surface area contributed by atoms with Crippen LogP contribution in [0.4, 0.5) is 5.69 Å². The molecule has 0 aliphatic heterocycles. The number of halogens is 1. The van der Waals surface area contributed by atoms with Gasteiger partial charge in [-0.2, -0.15) is 0 Å². The summed E-state index contributed by atoms with van der Waals surface area (Å²) < 4.78 is 6.43. The van der Waals surface area contributed by atoms with Crippen molar-refractivity contribution in [2.75, 3.05) is 11.9 Å². The van der Waals surface area contributed by atoms with E-state index >= 15 is 0 Å². The molecule has 1 amide bonds. The molecule has 1 aromatic heterocycles. The van der Waals surface area contributed by atoms with E-state index in [2.05, 4.69) is 20.8 Å². The first-order valence-corrected chi connectivity index (χ1v) is 7.55. The highest BCUT2D eigenvalue weighted by atomic mass is 35.5. The second-order valence-electron chi connectivity index (χ2n) is 4.94. The summed E-state index contributed by atoms with van der Waals surface area (Å²) in [5.74, 6) is -1.09. The van der Waals surface area contributed by atoms with Crippen molar-refractivity contribution in [1.29, 1.82) is 0 Å². The fourth-order valence-electron chi connectivity index (χ4n) is 2.03. The fourth-order valence-corrected chi connectivity index (χ4v) is 2.22. The van der Waals surface area contributed by atoms with Gasteiger partial charge in [-0.05, 0) is 46.8 Å². The molecule has 9 heteroatoms. The van der Waals surface area contributed by atoms with Crippen molar-refractivity contribution < 1.29 is 14.3 Å². The van der Waals surface area contributed by atoms with E-state index in [4.69, 9.17) is 16.3 Å². The van der Waals surface area contributed by atoms with Gasteiger partial charge in [0.15, 0.2) is 6.61 Å². The molecular formula is C16H12ClN5O3. The number of nitrogens with one attached hydrogen (secondary N) is 1. The van der Waals surface area contributed by atoms with E-state index in [1.165, 1.54) is 11.0 Å². The lowest BCUT2D eigenvalue weighted by atomic mass is 10.2. The average molecular weight is 358 g/mol. The summed E-state index contributed by atoms with van der Waals surface area (Å²) in [6.45, 7) is -0.416. The van der Waals surface area contributed by atoms with Crippen molar-refractivity contribution in [3.63, 3.8) is 0 Å². The topological polar surface area (TPSA) is 99.0 Å². The Labute approximate surface area is 147 Å². The van der Waals surface area contributed by atoms with Crippen LogP contribution in [0.1, 0.15) is 10.4 Å². The predicted molar refractivity (Wildman–Crippen MR) is 89.5 cm³/mol. The smallest absolute Gasteiger partial charge is 0.338 e. The molecule has 1 heterocycles. The van der Waals surface area contributed by atoms with E-state index in [0.717, 1.165) is 0 Å². The number of anilines is 1. The van der Waals surface area contributed by atoms with Crippen molar-refractivity contribution in [3.05, 3.63) is 65.4 Å². The van der Waals surface area contributed by atoms with Gasteiger partial charge in [-0.15, -0.1) is 5.10 Å². The summed E-state index contributed by atoms with van der Waals surface area (Å²) >= 11 is 5.84. The molecule has 8 nitrogen and oxygen atoms in total. The van der Waals surface area contributed by atoms with Crippen molar-refractivity contribution in [2.45, 2.75) is 0 Å². The van der Waals surface area contributed by atoms with Crippen molar-refractivity contribution in [3.8, 4) is 5.69 Å². The number of hydrogen-bond donors (Lipinski definition) is 1. The van der Waals surface area contributed by atoms with Crippen LogP contribution in [0.25, 0.3) is 5.69 Å². The molecule has 0 bridgehead atoms. The summed E-state index contributed by atoms with van der Waals surface area (Å²) in [6.07, 6.45) is 1.41. The molecular weight excluding hydrogens is 346 g/mol. The number of benzene rings is 2. The number of nitrogens with zero attached hydrogens (tertiary/aromatic N) is 4. The third kappa shape index (κ3) is 4.39. The molecule has 25 heavy (non-hydrogen) atoms. The third-order valence-corrected chi connectivity index (χ3v) is 3.37. The Hall–Kier alpha value is -3.26. The lowest BCUT2D eigenvalue weighted by Crippen LogP contribution is -2.21. The molecule has 0 unspecified atom stereocenters. The molecule has 0 radical (unpaired) electrons. The monoisotopic (exact) mass is 357 g/mol. The second-order valence-corrected chi connectivity index (χ2v) is 5.38. The summed E-state index contributed by atoms with van der Waals surface area (Å²) in [7, 11) is 0. The van der Waals surface area contributed by atoms with Crippen molar-refractivity contribution >= 4 is 29.2 Å². The maximum atomic E-state index is 12.1. The van der Waals surface area contributed by atoms with Crippen LogP contribution < -0.4 is 5.32 Å². The predicted octanol–water partition coefficient (Wildman–Crippen LogP) is 2.11. The zero-order valence-corrected chi connectivity index (χ0v) is 13.6. The zero-order valence-electron chi connectivity index (χ0n) is 12.8. The van der Waals surface area contributed by atoms with Crippen molar-refractivity contribution in [2.24, 2.45) is 0 Å². The van der Waals surface area contributed by atoms with Gasteiger partial charge in [0, 0.05) is 10.7 Å². The maximum absolute atomic E-state index is 12.1. The van der Waals surface area contributed by atoms with E-state index < -0.39 is 18.5 Å². The van der Waals surface area contributed by atoms with Gasteiger partial charge >= 0.3 is 5.97 Å². The standard InChI is InChI=1S/C16H12ClN5O3/c17-12-4-2-5-13(8-12)19-15(23)9-25-16(24)11-3-1-6-14(7-11)22-10-18-20-21-22/h1-8,10H,9H2,(H,19,23). The Kier molecular flexibility index (Phi) is 5.00. The first-order valence-electron chi connectivity index (χ1n) is 7.18. The number of esters is 1. The van der Waals surface area contributed by atoms with Gasteiger partial charge in [-0.3, -0.25) is 4.79 Å². The number of amides is 1. The summed E-state index contributed by atoms with van der Waals surface area (Å²) in [5, 5.41) is 13.9. The van der Waals surface area contributed by atoms with Crippen LogP contribution in [0.3, 0.4) is 0 Å². The fraction of sp³-hybridized carbons (Fsp3) is 0.0625. The van der Waals surface area contributed by atoms with Crippen LogP contribution >= 0.6 is 11.6 Å². The molecule has 1 N–H and O–H groups in total. The quantitative estimate of drug-likeness (QED) is 0.702. The number of carbonyl (C=O) groups excluding carboxylic acids is 2. The molecule has 3 aromatic rings. The van der Waals surface area contributed by atoms with Gasteiger partial charge in [0.1, 0.15) is 6.33 Å². The van der Waals surface area contributed by atoms with Gasteiger partial charge in [0.05, 0.1) is 11.3 Å². The first-order chi connectivity index (χ1) is 12.1. The Balaban J connectivity index is 1.59. The molecule has 0 spiro atoms. The minimum atomic E-state index is -0.629. The van der Waals surface area contributed by atoms with Gasteiger partial charge in [-0.1, -0.05) is 23.7 Å². The highest BCUT2D eigenvalue weighted by Gasteiger charge is 2.12. The summed E-state index contributed by atoms with van der Waals surface area (Å²) in [4.78, 5) is 23.9. The van der Waals surface area contributed by atoms with Crippen LogP contribution in [0.2, 0.25) is 5.02 Å². The Morgan fingerprint density at radius 2 is 2.00 bits per heavy atom. The largest absolute Gasteiger partial charge is 0.452 e. The lowest BCUT2D eigenvalue weighted by Gasteiger charge is -2.07. The van der Waals surface area contributed by atoms with E-state index in [-0.39, 0.29) is 5.56 Å².